The van der Waals surface area contributed by atoms with Crippen molar-refractivity contribution in [3.63, 3.8) is 0 Å². The maximum absolute atomic E-state index is 13.0. The summed E-state index contributed by atoms with van der Waals surface area (Å²) in [5.41, 5.74) is 5.44. The number of hydrogen-bond acceptors (Lipinski definition) is 3. The fourth-order valence-electron chi connectivity index (χ4n) is 1.48. The summed E-state index contributed by atoms with van der Waals surface area (Å²) in [7, 11) is 0. The van der Waals surface area contributed by atoms with Crippen molar-refractivity contribution in [2.45, 2.75) is 6.61 Å². The lowest BCUT2D eigenvalue weighted by atomic mass is 10.2. The van der Waals surface area contributed by atoms with Crippen LogP contribution in [-0.4, -0.2) is 10.9 Å². The van der Waals surface area contributed by atoms with Crippen LogP contribution < -0.4 is 10.5 Å². The molecule has 0 radical (unpaired) electrons. The molecule has 1 heterocycles. The molecule has 0 aliphatic heterocycles. The Morgan fingerprint density at radius 2 is 2.05 bits per heavy atom. The molecule has 19 heavy (non-hydrogen) atoms. The van der Waals surface area contributed by atoms with Gasteiger partial charge in [0.05, 0.1) is 17.5 Å². The first-order valence-electron chi connectivity index (χ1n) is 5.39. The van der Waals surface area contributed by atoms with Gasteiger partial charge >= 0.3 is 0 Å². The molecule has 1 aromatic heterocycles. The van der Waals surface area contributed by atoms with E-state index in [1.54, 1.807) is 24.3 Å². The van der Waals surface area contributed by atoms with Crippen LogP contribution in [0.3, 0.4) is 0 Å². The Labute approximate surface area is 114 Å². The zero-order valence-electron chi connectivity index (χ0n) is 9.77. The summed E-state index contributed by atoms with van der Waals surface area (Å²) >= 11 is 5.74. The predicted octanol–water partition coefficient (Wildman–Crippen LogP) is 2.55. The minimum atomic E-state index is -0.748. The van der Waals surface area contributed by atoms with Crippen molar-refractivity contribution >= 4 is 17.5 Å². The SMILES string of the molecule is NC(=O)c1cc(F)cnc1COc1ccc(Cl)cc1. The Morgan fingerprint density at radius 3 is 2.68 bits per heavy atom. The van der Waals surface area contributed by atoms with Gasteiger partial charge in [-0.2, -0.15) is 0 Å². The van der Waals surface area contributed by atoms with Crippen LogP contribution in [0.5, 0.6) is 5.75 Å². The standard InChI is InChI=1S/C13H10ClFN2O2/c14-8-1-3-10(4-2-8)19-7-12-11(13(16)18)5-9(15)6-17-12/h1-6H,7H2,(H2,16,18). The van der Waals surface area contributed by atoms with Gasteiger partial charge < -0.3 is 10.5 Å². The first-order valence-corrected chi connectivity index (χ1v) is 5.76. The molecule has 1 amide bonds. The van der Waals surface area contributed by atoms with Gasteiger partial charge in [-0.25, -0.2) is 4.39 Å². The highest BCUT2D eigenvalue weighted by atomic mass is 35.5. The second-order valence-electron chi connectivity index (χ2n) is 3.75. The van der Waals surface area contributed by atoms with Crippen LogP contribution in [0.4, 0.5) is 4.39 Å². The fraction of sp³-hybridized carbons (Fsp3) is 0.0769. The van der Waals surface area contributed by atoms with E-state index < -0.39 is 11.7 Å². The van der Waals surface area contributed by atoms with Gasteiger partial charge in [-0.1, -0.05) is 11.6 Å². The minimum absolute atomic E-state index is 0.00830. The lowest BCUT2D eigenvalue weighted by Gasteiger charge is -2.08. The fourth-order valence-corrected chi connectivity index (χ4v) is 1.60. The molecule has 0 fully saturated rings. The topological polar surface area (TPSA) is 65.2 Å². The Kier molecular flexibility index (Phi) is 3.97. The van der Waals surface area contributed by atoms with Gasteiger partial charge in [0.25, 0.3) is 5.91 Å². The minimum Gasteiger partial charge on any atom is -0.487 e. The molecular formula is C13H10ClFN2O2. The van der Waals surface area contributed by atoms with E-state index in [4.69, 9.17) is 22.1 Å². The average Bonchev–Trinajstić information content (AvgIpc) is 2.39. The highest BCUT2D eigenvalue weighted by Crippen LogP contribution is 2.17. The molecule has 0 spiro atoms. The number of pyridine rings is 1. The molecule has 0 atom stereocenters. The van der Waals surface area contributed by atoms with Crippen molar-refractivity contribution in [3.05, 3.63) is 58.6 Å². The molecule has 0 aliphatic carbocycles. The normalized spacial score (nSPS) is 10.2. The Morgan fingerprint density at radius 1 is 1.37 bits per heavy atom. The maximum Gasteiger partial charge on any atom is 0.250 e. The molecule has 0 unspecified atom stereocenters. The van der Waals surface area contributed by atoms with Crippen molar-refractivity contribution in [2.75, 3.05) is 0 Å². The van der Waals surface area contributed by atoms with Crippen molar-refractivity contribution in [2.24, 2.45) is 5.73 Å². The second kappa shape index (κ2) is 5.67. The van der Waals surface area contributed by atoms with Gasteiger partial charge in [0.15, 0.2) is 0 Å². The van der Waals surface area contributed by atoms with Gasteiger partial charge in [-0.15, -0.1) is 0 Å². The number of ether oxygens (including phenoxy) is 1. The van der Waals surface area contributed by atoms with E-state index in [1.165, 1.54) is 0 Å². The molecule has 0 aliphatic rings. The van der Waals surface area contributed by atoms with Crippen molar-refractivity contribution in [1.29, 1.82) is 0 Å². The van der Waals surface area contributed by atoms with E-state index in [-0.39, 0.29) is 17.9 Å². The number of aromatic nitrogens is 1. The highest BCUT2D eigenvalue weighted by molar-refractivity contribution is 6.30. The monoisotopic (exact) mass is 280 g/mol. The smallest absolute Gasteiger partial charge is 0.250 e. The number of benzene rings is 1. The van der Waals surface area contributed by atoms with E-state index in [9.17, 15) is 9.18 Å². The van der Waals surface area contributed by atoms with Crippen LogP contribution in [0, 0.1) is 5.82 Å². The molecule has 4 nitrogen and oxygen atoms in total. The first-order chi connectivity index (χ1) is 9.06. The summed E-state index contributed by atoms with van der Waals surface area (Å²) in [5.74, 6) is -0.809. The molecular weight excluding hydrogens is 271 g/mol. The number of hydrogen-bond donors (Lipinski definition) is 1. The number of primary amides is 1. The molecule has 98 valence electrons. The number of carbonyl (C=O) groups excluding carboxylic acids is 1. The summed E-state index contributed by atoms with van der Waals surface area (Å²) in [6.45, 7) is 0.0141. The zero-order chi connectivity index (χ0) is 13.8. The van der Waals surface area contributed by atoms with Crippen LogP contribution in [-0.2, 0) is 6.61 Å². The third-order valence-corrected chi connectivity index (χ3v) is 2.64. The molecule has 1 aromatic carbocycles. The van der Waals surface area contributed by atoms with Crippen molar-refractivity contribution < 1.29 is 13.9 Å². The van der Waals surface area contributed by atoms with Crippen LogP contribution in [0.25, 0.3) is 0 Å². The number of carbonyl (C=O) groups is 1. The molecule has 0 bridgehead atoms. The van der Waals surface area contributed by atoms with Crippen molar-refractivity contribution in [1.82, 2.24) is 4.98 Å². The van der Waals surface area contributed by atoms with Gasteiger partial charge in [0.2, 0.25) is 0 Å². The van der Waals surface area contributed by atoms with Crippen LogP contribution in [0.1, 0.15) is 16.1 Å². The maximum atomic E-state index is 13.0. The number of amides is 1. The van der Waals surface area contributed by atoms with E-state index in [0.29, 0.717) is 10.8 Å². The summed E-state index contributed by atoms with van der Waals surface area (Å²) < 4.78 is 18.4. The average molecular weight is 281 g/mol. The van der Waals surface area contributed by atoms with Crippen LogP contribution in [0.2, 0.25) is 5.02 Å². The molecule has 2 N–H and O–H groups in total. The van der Waals surface area contributed by atoms with Gasteiger partial charge in [-0.05, 0) is 30.3 Å². The quantitative estimate of drug-likeness (QED) is 0.936. The van der Waals surface area contributed by atoms with Crippen LogP contribution >= 0.6 is 11.6 Å². The lowest BCUT2D eigenvalue weighted by molar-refractivity contribution is 0.0996. The molecule has 0 saturated heterocycles. The van der Waals surface area contributed by atoms with Gasteiger partial charge in [-0.3, -0.25) is 9.78 Å². The van der Waals surface area contributed by atoms with E-state index >= 15 is 0 Å². The Hall–Kier alpha value is -2.14. The summed E-state index contributed by atoms with van der Waals surface area (Å²) in [5, 5.41) is 0.588. The number of nitrogens with two attached hydrogens (primary N) is 1. The number of nitrogens with zero attached hydrogens (tertiary/aromatic N) is 1. The summed E-state index contributed by atoms with van der Waals surface area (Å²) in [6, 6.07) is 7.73. The Bertz CT molecular complexity index is 602. The number of rotatable bonds is 4. The molecule has 2 rings (SSSR count). The molecule has 2 aromatic rings. The molecule has 6 heteroatoms. The second-order valence-corrected chi connectivity index (χ2v) is 4.19. The van der Waals surface area contributed by atoms with Gasteiger partial charge in [0, 0.05) is 5.02 Å². The predicted molar refractivity (Wildman–Crippen MR) is 68.5 cm³/mol. The number of halogens is 2. The molecule has 0 saturated carbocycles. The summed E-state index contributed by atoms with van der Waals surface area (Å²) in [6.07, 6.45) is 1.01. The van der Waals surface area contributed by atoms with Gasteiger partial charge in [0.1, 0.15) is 18.2 Å². The third kappa shape index (κ3) is 3.42. The lowest BCUT2D eigenvalue weighted by Crippen LogP contribution is -2.16. The van der Waals surface area contributed by atoms with Crippen molar-refractivity contribution in [3.8, 4) is 5.75 Å². The first kappa shape index (κ1) is 13.3. The van der Waals surface area contributed by atoms with E-state index in [2.05, 4.69) is 4.98 Å². The Balaban J connectivity index is 2.15. The van der Waals surface area contributed by atoms with E-state index in [1.807, 2.05) is 0 Å². The third-order valence-electron chi connectivity index (χ3n) is 2.39. The summed E-state index contributed by atoms with van der Waals surface area (Å²) in [4.78, 5) is 15.0. The van der Waals surface area contributed by atoms with Crippen LogP contribution in [0.15, 0.2) is 36.5 Å². The highest BCUT2D eigenvalue weighted by Gasteiger charge is 2.11. The zero-order valence-corrected chi connectivity index (χ0v) is 10.5. The largest absolute Gasteiger partial charge is 0.487 e. The van der Waals surface area contributed by atoms with E-state index in [0.717, 1.165) is 12.3 Å².